The number of nitrogens with one attached hydrogen (secondary N) is 1. The molecule has 144 valence electrons. The Morgan fingerprint density at radius 1 is 1.18 bits per heavy atom. The molecule has 0 bridgehead atoms. The van der Waals surface area contributed by atoms with Gasteiger partial charge in [0.25, 0.3) is 5.91 Å². The topological polar surface area (TPSA) is 61.8 Å². The number of anilines is 1. The van der Waals surface area contributed by atoms with Gasteiger partial charge in [0.05, 0.1) is 11.4 Å². The average Bonchev–Trinajstić information content (AvgIpc) is 2.97. The molecule has 1 aliphatic heterocycles. The van der Waals surface area contributed by atoms with E-state index in [0.717, 1.165) is 5.56 Å². The summed E-state index contributed by atoms with van der Waals surface area (Å²) in [6, 6.07) is 15.0. The summed E-state index contributed by atoms with van der Waals surface area (Å²) >= 11 is 1.17. The Morgan fingerprint density at radius 2 is 1.86 bits per heavy atom. The molecule has 2 aromatic rings. The summed E-state index contributed by atoms with van der Waals surface area (Å²) in [6.07, 6.45) is 1.70. The number of thioether (sulfide) groups is 1. The van der Waals surface area contributed by atoms with Crippen molar-refractivity contribution in [2.75, 3.05) is 10.7 Å². The minimum atomic E-state index is -0.391. The molecular formula is C21H20FN3O2S. The van der Waals surface area contributed by atoms with E-state index in [-0.39, 0.29) is 29.3 Å². The fourth-order valence-corrected chi connectivity index (χ4v) is 3.44. The summed E-state index contributed by atoms with van der Waals surface area (Å²) in [4.78, 5) is 30.8. The zero-order chi connectivity index (χ0) is 20.1. The number of amidine groups is 1. The molecule has 3 rings (SSSR count). The van der Waals surface area contributed by atoms with E-state index in [0.29, 0.717) is 10.9 Å². The number of rotatable bonds is 5. The second kappa shape index (κ2) is 8.84. The van der Waals surface area contributed by atoms with Crippen LogP contribution in [0.4, 0.5) is 10.1 Å². The van der Waals surface area contributed by atoms with Crippen molar-refractivity contribution in [2.24, 2.45) is 4.99 Å². The smallest absolute Gasteiger partial charge is 0.283 e. The van der Waals surface area contributed by atoms with Gasteiger partial charge in [-0.3, -0.25) is 14.5 Å². The largest absolute Gasteiger partial charge is 0.353 e. The lowest BCUT2D eigenvalue weighted by molar-refractivity contribution is -0.119. The molecule has 0 atom stereocenters. The maximum absolute atomic E-state index is 13.3. The highest BCUT2D eigenvalue weighted by atomic mass is 32.2. The zero-order valence-electron chi connectivity index (χ0n) is 15.6. The van der Waals surface area contributed by atoms with Gasteiger partial charge in [-0.1, -0.05) is 42.1 Å². The number of hydrogen-bond donors (Lipinski definition) is 1. The lowest BCUT2D eigenvalue weighted by Gasteiger charge is -2.18. The van der Waals surface area contributed by atoms with Crippen LogP contribution in [0.25, 0.3) is 6.08 Å². The Kier molecular flexibility index (Phi) is 6.26. The molecule has 0 radical (unpaired) electrons. The van der Waals surface area contributed by atoms with Crippen molar-refractivity contribution in [3.63, 3.8) is 0 Å². The molecule has 0 aliphatic carbocycles. The summed E-state index contributed by atoms with van der Waals surface area (Å²) < 4.78 is 13.3. The van der Waals surface area contributed by atoms with Gasteiger partial charge in [0.15, 0.2) is 5.17 Å². The Morgan fingerprint density at radius 3 is 2.50 bits per heavy atom. The average molecular weight is 397 g/mol. The Balaban J connectivity index is 1.89. The standard InChI is InChI=1S/C21H20FN3O2S/c1-14(2)23-19(26)13-28-21-24-18(12-15-6-4-3-5-7-15)20(27)25(21)17-10-8-16(22)9-11-17/h3-12,14H,13H2,1-2H3,(H,23,26). The predicted octanol–water partition coefficient (Wildman–Crippen LogP) is 3.83. The maximum Gasteiger partial charge on any atom is 0.283 e. The van der Waals surface area contributed by atoms with Crippen molar-refractivity contribution in [3.05, 3.63) is 71.7 Å². The van der Waals surface area contributed by atoms with Crippen LogP contribution in [0, 0.1) is 5.82 Å². The minimum Gasteiger partial charge on any atom is -0.353 e. The Hall–Kier alpha value is -2.93. The molecule has 2 aromatic carbocycles. The highest BCUT2D eigenvalue weighted by Gasteiger charge is 2.32. The van der Waals surface area contributed by atoms with Crippen LogP contribution >= 0.6 is 11.8 Å². The lowest BCUT2D eigenvalue weighted by Crippen LogP contribution is -2.34. The quantitative estimate of drug-likeness (QED) is 0.780. The lowest BCUT2D eigenvalue weighted by atomic mass is 10.2. The second-order valence-electron chi connectivity index (χ2n) is 6.46. The van der Waals surface area contributed by atoms with Crippen LogP contribution < -0.4 is 10.2 Å². The number of carbonyl (C=O) groups excluding carboxylic acids is 2. The van der Waals surface area contributed by atoms with Crippen molar-refractivity contribution in [2.45, 2.75) is 19.9 Å². The van der Waals surface area contributed by atoms with Gasteiger partial charge in [0.1, 0.15) is 11.5 Å². The normalized spacial score (nSPS) is 15.3. The Labute approximate surface area is 167 Å². The van der Waals surface area contributed by atoms with Crippen molar-refractivity contribution in [1.82, 2.24) is 5.32 Å². The van der Waals surface area contributed by atoms with Crippen LogP contribution in [0.15, 0.2) is 65.3 Å². The summed E-state index contributed by atoms with van der Waals surface area (Å²) in [5.41, 5.74) is 1.61. The van der Waals surface area contributed by atoms with Crippen molar-refractivity contribution < 1.29 is 14.0 Å². The summed E-state index contributed by atoms with van der Waals surface area (Å²) in [5, 5.41) is 3.20. The van der Waals surface area contributed by atoms with Gasteiger partial charge < -0.3 is 5.32 Å². The summed E-state index contributed by atoms with van der Waals surface area (Å²) in [5.74, 6) is -0.726. The SMILES string of the molecule is CC(C)NC(=O)CSC1=NC(=Cc2ccccc2)C(=O)N1c1ccc(F)cc1. The molecular weight excluding hydrogens is 377 g/mol. The molecule has 1 aliphatic rings. The number of halogens is 1. The van der Waals surface area contributed by atoms with Crippen LogP contribution in [0.3, 0.4) is 0 Å². The molecule has 0 aromatic heterocycles. The third-order valence-electron chi connectivity index (χ3n) is 3.80. The highest BCUT2D eigenvalue weighted by molar-refractivity contribution is 8.14. The number of hydrogen-bond acceptors (Lipinski definition) is 4. The third kappa shape index (κ3) is 4.86. The van der Waals surface area contributed by atoms with Gasteiger partial charge in [-0.25, -0.2) is 9.38 Å². The van der Waals surface area contributed by atoms with Crippen LogP contribution in [-0.4, -0.2) is 28.8 Å². The Bertz CT molecular complexity index is 924. The highest BCUT2D eigenvalue weighted by Crippen LogP contribution is 2.29. The number of nitrogens with zero attached hydrogens (tertiary/aromatic N) is 2. The first-order valence-electron chi connectivity index (χ1n) is 8.81. The van der Waals surface area contributed by atoms with Gasteiger partial charge in [-0.05, 0) is 49.8 Å². The van der Waals surface area contributed by atoms with Crippen molar-refractivity contribution in [1.29, 1.82) is 0 Å². The minimum absolute atomic E-state index is 0.0296. The van der Waals surface area contributed by atoms with Crippen LogP contribution in [-0.2, 0) is 9.59 Å². The van der Waals surface area contributed by atoms with Crippen molar-refractivity contribution >= 4 is 40.5 Å². The maximum atomic E-state index is 13.3. The molecule has 0 saturated carbocycles. The van der Waals surface area contributed by atoms with Crippen molar-refractivity contribution in [3.8, 4) is 0 Å². The van der Waals surface area contributed by atoms with E-state index >= 15 is 0 Å². The van der Waals surface area contributed by atoms with Gasteiger partial charge in [-0.2, -0.15) is 0 Å². The number of benzene rings is 2. The molecule has 0 unspecified atom stereocenters. The van der Waals surface area contributed by atoms with Gasteiger partial charge in [-0.15, -0.1) is 0 Å². The van der Waals surface area contributed by atoms with E-state index in [4.69, 9.17) is 0 Å². The number of aliphatic imine (C=N–C) groups is 1. The third-order valence-corrected chi connectivity index (χ3v) is 4.74. The molecule has 5 nitrogen and oxygen atoms in total. The fraction of sp³-hybridized carbons (Fsp3) is 0.190. The van der Waals surface area contributed by atoms with Crippen LogP contribution in [0.5, 0.6) is 0 Å². The van der Waals surface area contributed by atoms with E-state index < -0.39 is 5.82 Å². The first kappa shape index (κ1) is 19.8. The van der Waals surface area contributed by atoms with E-state index in [9.17, 15) is 14.0 Å². The molecule has 28 heavy (non-hydrogen) atoms. The molecule has 0 spiro atoms. The van der Waals surface area contributed by atoms with E-state index in [2.05, 4.69) is 10.3 Å². The zero-order valence-corrected chi connectivity index (χ0v) is 16.4. The monoisotopic (exact) mass is 397 g/mol. The summed E-state index contributed by atoms with van der Waals surface area (Å²) in [7, 11) is 0. The van der Waals surface area contributed by atoms with Gasteiger partial charge in [0.2, 0.25) is 5.91 Å². The van der Waals surface area contributed by atoms with Gasteiger partial charge >= 0.3 is 0 Å². The molecule has 2 amide bonds. The van der Waals surface area contributed by atoms with E-state index in [1.165, 1.54) is 40.9 Å². The molecule has 0 saturated heterocycles. The fourth-order valence-electron chi connectivity index (χ4n) is 2.61. The molecule has 1 N–H and O–H groups in total. The van der Waals surface area contributed by atoms with E-state index in [1.807, 2.05) is 44.2 Å². The molecule has 7 heteroatoms. The van der Waals surface area contributed by atoms with Crippen LogP contribution in [0.1, 0.15) is 19.4 Å². The van der Waals surface area contributed by atoms with Crippen LogP contribution in [0.2, 0.25) is 0 Å². The number of carbonyl (C=O) groups is 2. The first-order valence-corrected chi connectivity index (χ1v) is 9.80. The predicted molar refractivity (Wildman–Crippen MR) is 111 cm³/mol. The van der Waals surface area contributed by atoms with E-state index in [1.54, 1.807) is 6.08 Å². The summed E-state index contributed by atoms with van der Waals surface area (Å²) in [6.45, 7) is 3.76. The first-order chi connectivity index (χ1) is 13.4. The molecule has 0 fully saturated rings. The molecule has 1 heterocycles. The number of amides is 2. The second-order valence-corrected chi connectivity index (χ2v) is 7.41. The van der Waals surface area contributed by atoms with Gasteiger partial charge in [0, 0.05) is 6.04 Å².